The zero-order chi connectivity index (χ0) is 19.9. The third-order valence-corrected chi connectivity index (χ3v) is 9.26. The fourth-order valence-corrected chi connectivity index (χ4v) is 7.87. The first kappa shape index (κ1) is 20.1. The van der Waals surface area contributed by atoms with E-state index < -0.39 is 10.0 Å². The number of sulfonamides is 1. The highest BCUT2D eigenvalue weighted by Crippen LogP contribution is 2.40. The van der Waals surface area contributed by atoms with Gasteiger partial charge in [0.05, 0.1) is 11.3 Å². The van der Waals surface area contributed by atoms with Gasteiger partial charge in [-0.05, 0) is 33.6 Å². The zero-order valence-electron chi connectivity index (χ0n) is 16.9. The number of piperazine rings is 1. The molecule has 28 heavy (non-hydrogen) atoms. The zero-order valence-corrected chi connectivity index (χ0v) is 18.5. The van der Waals surface area contributed by atoms with E-state index in [1.54, 1.807) is 4.31 Å². The summed E-state index contributed by atoms with van der Waals surface area (Å²) in [6.07, 6.45) is 6.45. The summed E-state index contributed by atoms with van der Waals surface area (Å²) in [6, 6.07) is 2.45. The van der Waals surface area contributed by atoms with Crippen molar-refractivity contribution in [3.05, 3.63) is 21.5 Å². The lowest BCUT2D eigenvalue weighted by Gasteiger charge is -2.40. The van der Waals surface area contributed by atoms with Crippen LogP contribution in [0.2, 0.25) is 0 Å². The lowest BCUT2D eigenvalue weighted by atomic mass is 9.94. The van der Waals surface area contributed by atoms with E-state index in [-0.39, 0.29) is 0 Å². The molecule has 0 spiro atoms. The average Bonchev–Trinajstić information content (AvgIpc) is 3.24. The molecule has 1 saturated heterocycles. The monoisotopic (exact) mass is 423 g/mol. The van der Waals surface area contributed by atoms with Gasteiger partial charge in [-0.25, -0.2) is 8.42 Å². The summed E-state index contributed by atoms with van der Waals surface area (Å²) in [6.45, 7) is 8.44. The van der Waals surface area contributed by atoms with Crippen LogP contribution in [0.3, 0.4) is 0 Å². The highest BCUT2D eigenvalue weighted by atomic mass is 32.2. The van der Waals surface area contributed by atoms with Gasteiger partial charge in [-0.1, -0.05) is 24.4 Å². The fourth-order valence-electron chi connectivity index (χ4n) is 4.62. The van der Waals surface area contributed by atoms with Gasteiger partial charge in [-0.2, -0.15) is 4.31 Å². The van der Waals surface area contributed by atoms with Gasteiger partial charge in [0.2, 0.25) is 10.0 Å². The first-order valence-corrected chi connectivity index (χ1v) is 12.4. The van der Waals surface area contributed by atoms with E-state index in [4.69, 9.17) is 4.52 Å². The second kappa shape index (κ2) is 7.89. The molecule has 8 heteroatoms. The maximum atomic E-state index is 13.6. The van der Waals surface area contributed by atoms with Crippen LogP contribution in [0.1, 0.15) is 47.6 Å². The lowest BCUT2D eigenvalue weighted by Crippen LogP contribution is -2.52. The average molecular weight is 424 g/mol. The van der Waals surface area contributed by atoms with Gasteiger partial charge >= 0.3 is 0 Å². The molecular weight excluding hydrogens is 394 g/mol. The van der Waals surface area contributed by atoms with Gasteiger partial charge in [0.1, 0.15) is 4.90 Å². The van der Waals surface area contributed by atoms with Crippen molar-refractivity contribution in [2.75, 3.05) is 26.2 Å². The van der Waals surface area contributed by atoms with Crippen molar-refractivity contribution < 1.29 is 12.9 Å². The maximum absolute atomic E-state index is 13.6. The summed E-state index contributed by atoms with van der Waals surface area (Å²) >= 11 is 1.51. The van der Waals surface area contributed by atoms with E-state index in [2.05, 4.69) is 10.1 Å². The molecule has 1 saturated carbocycles. The minimum Gasteiger partial charge on any atom is -0.356 e. The van der Waals surface area contributed by atoms with Crippen molar-refractivity contribution in [1.82, 2.24) is 14.4 Å². The normalized spacial score (nSPS) is 20.7. The van der Waals surface area contributed by atoms with Crippen molar-refractivity contribution >= 4 is 21.4 Å². The summed E-state index contributed by atoms with van der Waals surface area (Å²) in [7, 11) is -3.57. The Balaban J connectivity index is 1.58. The first-order valence-electron chi connectivity index (χ1n) is 10.2. The Bertz CT molecular complexity index is 934. The molecule has 0 bridgehead atoms. The molecule has 0 aromatic carbocycles. The molecule has 1 aliphatic heterocycles. The van der Waals surface area contributed by atoms with Crippen molar-refractivity contribution in [2.24, 2.45) is 0 Å². The van der Waals surface area contributed by atoms with Gasteiger partial charge in [0.25, 0.3) is 0 Å². The highest BCUT2D eigenvalue weighted by molar-refractivity contribution is 7.89. The van der Waals surface area contributed by atoms with Gasteiger partial charge in [-0.15, -0.1) is 11.3 Å². The molecule has 3 heterocycles. The molecular formula is C20H29N3O3S2. The molecule has 2 aromatic rings. The Morgan fingerprint density at radius 1 is 1.04 bits per heavy atom. The Kier molecular flexibility index (Phi) is 5.66. The summed E-state index contributed by atoms with van der Waals surface area (Å²) < 4.78 is 34.2. The predicted molar refractivity (Wildman–Crippen MR) is 111 cm³/mol. The van der Waals surface area contributed by atoms with Crippen LogP contribution in [0.25, 0.3) is 11.3 Å². The van der Waals surface area contributed by atoms with Gasteiger partial charge in [0.15, 0.2) is 5.76 Å². The van der Waals surface area contributed by atoms with Crippen molar-refractivity contribution in [1.29, 1.82) is 0 Å². The van der Waals surface area contributed by atoms with Crippen LogP contribution in [0, 0.1) is 20.8 Å². The van der Waals surface area contributed by atoms with Gasteiger partial charge < -0.3 is 4.52 Å². The second-order valence-electron chi connectivity index (χ2n) is 7.98. The Morgan fingerprint density at radius 2 is 1.71 bits per heavy atom. The number of rotatable bonds is 4. The molecule has 2 fully saturated rings. The van der Waals surface area contributed by atoms with Crippen LogP contribution in [-0.2, 0) is 10.0 Å². The molecule has 0 amide bonds. The number of aryl methyl sites for hydroxylation is 3. The SMILES string of the molecule is Cc1cc(-c2c(C)sc(C)c2S(=O)(=O)N2CCN(C3CCCCC3)CC2)on1. The molecule has 0 atom stereocenters. The van der Waals surface area contributed by atoms with E-state index in [0.717, 1.165) is 28.5 Å². The largest absolute Gasteiger partial charge is 0.356 e. The minimum absolute atomic E-state index is 0.400. The number of thiophene rings is 1. The molecule has 2 aromatic heterocycles. The smallest absolute Gasteiger partial charge is 0.245 e. The fraction of sp³-hybridized carbons (Fsp3) is 0.650. The van der Waals surface area contributed by atoms with Gasteiger partial charge in [-0.3, -0.25) is 4.90 Å². The first-order chi connectivity index (χ1) is 13.4. The van der Waals surface area contributed by atoms with Crippen LogP contribution in [0.15, 0.2) is 15.5 Å². The van der Waals surface area contributed by atoms with E-state index in [1.807, 2.05) is 26.8 Å². The molecule has 4 rings (SSSR count). The highest BCUT2D eigenvalue weighted by Gasteiger charge is 2.36. The molecule has 2 aliphatic rings. The van der Waals surface area contributed by atoms with Crippen LogP contribution in [-0.4, -0.2) is 55.0 Å². The van der Waals surface area contributed by atoms with E-state index in [0.29, 0.717) is 35.4 Å². The maximum Gasteiger partial charge on any atom is 0.245 e. The topological polar surface area (TPSA) is 66.7 Å². The van der Waals surface area contributed by atoms with Crippen LogP contribution >= 0.6 is 11.3 Å². The van der Waals surface area contributed by atoms with Crippen molar-refractivity contribution in [3.8, 4) is 11.3 Å². The van der Waals surface area contributed by atoms with Gasteiger partial charge in [0, 0.05) is 48.0 Å². The second-order valence-corrected chi connectivity index (χ2v) is 11.3. The van der Waals surface area contributed by atoms with Crippen molar-refractivity contribution in [2.45, 2.75) is 63.8 Å². The quantitative estimate of drug-likeness (QED) is 0.744. The molecule has 0 unspecified atom stereocenters. The van der Waals surface area contributed by atoms with Crippen LogP contribution in [0.5, 0.6) is 0 Å². The summed E-state index contributed by atoms with van der Waals surface area (Å²) in [5.74, 6) is 0.541. The molecule has 1 aliphatic carbocycles. The van der Waals surface area contributed by atoms with E-state index >= 15 is 0 Å². The molecule has 0 N–H and O–H groups in total. The summed E-state index contributed by atoms with van der Waals surface area (Å²) in [5, 5.41) is 3.96. The summed E-state index contributed by atoms with van der Waals surface area (Å²) in [4.78, 5) is 4.67. The molecule has 154 valence electrons. The number of nitrogens with zero attached hydrogens (tertiary/aromatic N) is 3. The van der Waals surface area contributed by atoms with E-state index in [9.17, 15) is 8.42 Å². The summed E-state index contributed by atoms with van der Waals surface area (Å²) in [5.41, 5.74) is 1.43. The number of aromatic nitrogens is 1. The lowest BCUT2D eigenvalue weighted by molar-refractivity contribution is 0.111. The number of hydrogen-bond donors (Lipinski definition) is 0. The predicted octanol–water partition coefficient (Wildman–Crippen LogP) is 3.97. The molecule has 6 nitrogen and oxygen atoms in total. The van der Waals surface area contributed by atoms with Crippen LogP contribution in [0.4, 0.5) is 0 Å². The van der Waals surface area contributed by atoms with Crippen LogP contribution < -0.4 is 0 Å². The number of hydrogen-bond acceptors (Lipinski definition) is 6. The van der Waals surface area contributed by atoms with Crippen molar-refractivity contribution in [3.63, 3.8) is 0 Å². The standard InChI is InChI=1S/C20H29N3O3S2/c1-14-13-18(26-21-14)19-15(2)27-16(3)20(19)28(24,25)23-11-9-22(10-12-23)17-7-5-4-6-8-17/h13,17H,4-12H2,1-3H3. The Morgan fingerprint density at radius 3 is 2.32 bits per heavy atom. The Labute approximate surface area is 171 Å². The third-order valence-electron chi connectivity index (χ3n) is 6.04. The van der Waals surface area contributed by atoms with E-state index in [1.165, 1.54) is 43.4 Å². The minimum atomic E-state index is -3.57. The Hall–Kier alpha value is -1.22. The molecule has 0 radical (unpaired) electrons. The third kappa shape index (κ3) is 3.67.